The SMILES string of the molecule is NCc1ccc(N2C[C@@H](CN3CCN(C(CC(=O)O)C(=O)O)CC3)OC2=O)cc1. The average molecular weight is 406 g/mol. The monoisotopic (exact) mass is 406 g/mol. The van der Waals surface area contributed by atoms with Crippen molar-refractivity contribution in [1.82, 2.24) is 9.80 Å². The zero-order chi connectivity index (χ0) is 21.0. The highest BCUT2D eigenvalue weighted by Crippen LogP contribution is 2.23. The summed E-state index contributed by atoms with van der Waals surface area (Å²) >= 11 is 0. The Bertz CT molecular complexity index is 748. The van der Waals surface area contributed by atoms with E-state index in [4.69, 9.17) is 15.6 Å². The van der Waals surface area contributed by atoms with Crippen molar-refractivity contribution < 1.29 is 29.3 Å². The Balaban J connectivity index is 1.51. The number of piperazine rings is 1. The van der Waals surface area contributed by atoms with E-state index in [1.807, 2.05) is 24.3 Å². The van der Waals surface area contributed by atoms with E-state index in [0.717, 1.165) is 11.3 Å². The summed E-state index contributed by atoms with van der Waals surface area (Å²) in [6.45, 7) is 3.51. The molecule has 10 heteroatoms. The van der Waals surface area contributed by atoms with Crippen LogP contribution in [0, 0.1) is 0 Å². The number of benzene rings is 1. The number of carboxylic acid groups (broad SMARTS) is 2. The molecule has 158 valence electrons. The third-order valence-corrected chi connectivity index (χ3v) is 5.32. The second kappa shape index (κ2) is 9.21. The predicted octanol–water partition coefficient (Wildman–Crippen LogP) is 0.0160. The van der Waals surface area contributed by atoms with Crippen LogP contribution in [-0.2, 0) is 20.9 Å². The van der Waals surface area contributed by atoms with Crippen LogP contribution in [0.15, 0.2) is 24.3 Å². The van der Waals surface area contributed by atoms with Crippen molar-refractivity contribution >= 4 is 23.7 Å². The molecule has 1 unspecified atom stereocenters. The molecule has 0 saturated carbocycles. The van der Waals surface area contributed by atoms with E-state index < -0.39 is 24.4 Å². The topological polar surface area (TPSA) is 137 Å². The van der Waals surface area contributed by atoms with Crippen LogP contribution < -0.4 is 10.6 Å². The quantitative estimate of drug-likeness (QED) is 0.545. The first kappa shape index (κ1) is 21.0. The molecule has 0 radical (unpaired) electrons. The molecule has 3 rings (SSSR count). The lowest BCUT2D eigenvalue weighted by Gasteiger charge is -2.37. The number of hydrogen-bond donors (Lipinski definition) is 3. The Labute approximate surface area is 168 Å². The maximum Gasteiger partial charge on any atom is 0.414 e. The first-order valence-electron chi connectivity index (χ1n) is 9.55. The molecule has 2 aliphatic heterocycles. The van der Waals surface area contributed by atoms with Gasteiger partial charge in [-0.05, 0) is 17.7 Å². The number of rotatable bonds is 8. The summed E-state index contributed by atoms with van der Waals surface area (Å²) in [7, 11) is 0. The van der Waals surface area contributed by atoms with Gasteiger partial charge in [0.15, 0.2) is 0 Å². The number of ether oxygens (including phenoxy) is 1. The first-order chi connectivity index (χ1) is 13.9. The van der Waals surface area contributed by atoms with Gasteiger partial charge in [-0.25, -0.2) is 4.79 Å². The molecule has 1 amide bonds. The van der Waals surface area contributed by atoms with Crippen molar-refractivity contribution in [3.8, 4) is 0 Å². The zero-order valence-corrected chi connectivity index (χ0v) is 16.1. The van der Waals surface area contributed by atoms with Gasteiger partial charge >= 0.3 is 18.0 Å². The number of carboxylic acids is 2. The van der Waals surface area contributed by atoms with Crippen LogP contribution in [0.1, 0.15) is 12.0 Å². The van der Waals surface area contributed by atoms with E-state index in [-0.39, 0.29) is 12.2 Å². The number of anilines is 1. The van der Waals surface area contributed by atoms with Crippen LogP contribution in [0.4, 0.5) is 10.5 Å². The number of nitrogens with zero attached hydrogens (tertiary/aromatic N) is 3. The van der Waals surface area contributed by atoms with E-state index in [1.165, 1.54) is 0 Å². The number of carbonyl (C=O) groups is 3. The van der Waals surface area contributed by atoms with Crippen LogP contribution in [0.5, 0.6) is 0 Å². The third kappa shape index (κ3) is 5.22. The Kier molecular flexibility index (Phi) is 6.68. The van der Waals surface area contributed by atoms with E-state index in [2.05, 4.69) is 4.90 Å². The predicted molar refractivity (Wildman–Crippen MR) is 104 cm³/mol. The van der Waals surface area contributed by atoms with Gasteiger partial charge in [-0.2, -0.15) is 0 Å². The maximum atomic E-state index is 12.2. The highest BCUT2D eigenvalue weighted by Gasteiger charge is 2.35. The van der Waals surface area contributed by atoms with Gasteiger partial charge in [-0.1, -0.05) is 12.1 Å². The standard InChI is InChI=1S/C19H26N4O6/c20-10-13-1-3-14(4-2-13)23-12-15(29-19(23)28)11-21-5-7-22(8-6-21)16(18(26)27)9-17(24)25/h1-4,15-16H,5-12,20H2,(H,24,25)(H,26,27)/t15-,16?/m1/s1. The molecule has 10 nitrogen and oxygen atoms in total. The Hall–Kier alpha value is -2.69. The summed E-state index contributed by atoms with van der Waals surface area (Å²) in [5.74, 6) is -2.25. The Morgan fingerprint density at radius 3 is 2.34 bits per heavy atom. The molecule has 2 saturated heterocycles. The average Bonchev–Trinajstić information content (AvgIpc) is 3.06. The summed E-state index contributed by atoms with van der Waals surface area (Å²) < 4.78 is 5.49. The molecule has 2 fully saturated rings. The maximum absolute atomic E-state index is 12.2. The highest BCUT2D eigenvalue weighted by atomic mass is 16.6. The number of carbonyl (C=O) groups excluding carboxylic acids is 1. The summed E-state index contributed by atoms with van der Waals surface area (Å²) in [4.78, 5) is 39.9. The second-order valence-corrected chi connectivity index (χ2v) is 7.28. The third-order valence-electron chi connectivity index (χ3n) is 5.32. The summed E-state index contributed by atoms with van der Waals surface area (Å²) in [5, 5.41) is 18.2. The van der Waals surface area contributed by atoms with Gasteiger partial charge in [0.2, 0.25) is 0 Å². The van der Waals surface area contributed by atoms with E-state index in [0.29, 0.717) is 45.8 Å². The fraction of sp³-hybridized carbons (Fsp3) is 0.526. The van der Waals surface area contributed by atoms with Crippen molar-refractivity contribution in [2.24, 2.45) is 5.73 Å². The van der Waals surface area contributed by atoms with Crippen molar-refractivity contribution in [3.63, 3.8) is 0 Å². The highest BCUT2D eigenvalue weighted by molar-refractivity contribution is 5.89. The minimum absolute atomic E-state index is 0.280. The lowest BCUT2D eigenvalue weighted by molar-refractivity contribution is -0.150. The summed E-state index contributed by atoms with van der Waals surface area (Å²) in [6, 6.07) is 6.43. The fourth-order valence-corrected chi connectivity index (χ4v) is 3.72. The largest absolute Gasteiger partial charge is 0.481 e. The van der Waals surface area contributed by atoms with Crippen LogP contribution >= 0.6 is 0 Å². The number of amides is 1. The molecule has 2 heterocycles. The van der Waals surface area contributed by atoms with Crippen molar-refractivity contribution in [1.29, 1.82) is 0 Å². The van der Waals surface area contributed by atoms with Crippen LogP contribution in [0.2, 0.25) is 0 Å². The minimum Gasteiger partial charge on any atom is -0.481 e. The van der Waals surface area contributed by atoms with Gasteiger partial charge in [0.25, 0.3) is 0 Å². The zero-order valence-electron chi connectivity index (χ0n) is 16.1. The van der Waals surface area contributed by atoms with E-state index in [1.54, 1.807) is 9.80 Å². The molecule has 0 aliphatic carbocycles. The molecular formula is C19H26N4O6. The smallest absolute Gasteiger partial charge is 0.414 e. The van der Waals surface area contributed by atoms with Gasteiger partial charge in [-0.15, -0.1) is 0 Å². The molecule has 1 aromatic rings. The van der Waals surface area contributed by atoms with Crippen molar-refractivity contribution in [2.75, 3.05) is 44.2 Å². The van der Waals surface area contributed by atoms with Gasteiger partial charge in [0.05, 0.1) is 13.0 Å². The molecule has 0 aromatic heterocycles. The normalized spacial score (nSPS) is 21.8. The molecule has 2 atom stereocenters. The van der Waals surface area contributed by atoms with Gasteiger partial charge in [0.1, 0.15) is 12.1 Å². The molecule has 0 spiro atoms. The van der Waals surface area contributed by atoms with Crippen LogP contribution in [0.3, 0.4) is 0 Å². The van der Waals surface area contributed by atoms with Crippen molar-refractivity contribution in [3.05, 3.63) is 29.8 Å². The molecular weight excluding hydrogens is 380 g/mol. The lowest BCUT2D eigenvalue weighted by atomic mass is 10.1. The van der Waals surface area contributed by atoms with Gasteiger partial charge < -0.3 is 20.7 Å². The molecule has 29 heavy (non-hydrogen) atoms. The molecule has 2 aliphatic rings. The summed E-state index contributed by atoms with van der Waals surface area (Å²) in [5.41, 5.74) is 7.35. The molecule has 4 N–H and O–H groups in total. The molecule has 1 aromatic carbocycles. The van der Waals surface area contributed by atoms with Crippen LogP contribution in [-0.4, -0.2) is 89.5 Å². The number of nitrogens with two attached hydrogens (primary N) is 1. The fourth-order valence-electron chi connectivity index (χ4n) is 3.72. The summed E-state index contributed by atoms with van der Waals surface area (Å²) in [6.07, 6.45) is -1.09. The van der Waals surface area contributed by atoms with Gasteiger partial charge in [-0.3, -0.25) is 24.3 Å². The number of cyclic esters (lactones) is 1. The van der Waals surface area contributed by atoms with Crippen molar-refractivity contribution in [2.45, 2.75) is 25.1 Å². The Morgan fingerprint density at radius 2 is 1.79 bits per heavy atom. The van der Waals surface area contributed by atoms with E-state index in [9.17, 15) is 19.5 Å². The van der Waals surface area contributed by atoms with Gasteiger partial charge in [0, 0.05) is 45.0 Å². The van der Waals surface area contributed by atoms with Crippen LogP contribution in [0.25, 0.3) is 0 Å². The number of hydrogen-bond acceptors (Lipinski definition) is 7. The lowest BCUT2D eigenvalue weighted by Crippen LogP contribution is -2.54. The van der Waals surface area contributed by atoms with E-state index >= 15 is 0 Å². The second-order valence-electron chi connectivity index (χ2n) is 7.28. The Morgan fingerprint density at radius 1 is 1.14 bits per heavy atom. The first-order valence-corrected chi connectivity index (χ1v) is 9.55. The molecule has 0 bridgehead atoms. The minimum atomic E-state index is -1.13. The number of aliphatic carboxylic acids is 2.